The summed E-state index contributed by atoms with van der Waals surface area (Å²) >= 11 is 0. The van der Waals surface area contributed by atoms with Gasteiger partial charge in [0.25, 0.3) is 5.91 Å². The molecule has 0 atom stereocenters. The summed E-state index contributed by atoms with van der Waals surface area (Å²) in [4.78, 5) is 35.1. The lowest BCUT2D eigenvalue weighted by atomic mass is 9.96. The molecule has 26 heavy (non-hydrogen) atoms. The largest absolute Gasteiger partial charge is 0.452 e. The smallest absolute Gasteiger partial charge is 0.413 e. The molecule has 0 radical (unpaired) electrons. The van der Waals surface area contributed by atoms with Gasteiger partial charge in [0.1, 0.15) is 0 Å². The van der Waals surface area contributed by atoms with Gasteiger partial charge in [-0.25, -0.2) is 9.59 Å². The number of rotatable bonds is 5. The summed E-state index contributed by atoms with van der Waals surface area (Å²) in [6.07, 6.45) is -0.906. The highest BCUT2D eigenvalue weighted by Crippen LogP contribution is 2.27. The van der Waals surface area contributed by atoms with E-state index in [1.807, 2.05) is 5.32 Å². The number of nitriles is 1. The number of esters is 1. The highest BCUT2D eigenvalue weighted by molar-refractivity contribution is 6.00. The molecule has 2 rings (SSSR count). The van der Waals surface area contributed by atoms with E-state index in [9.17, 15) is 19.6 Å². The van der Waals surface area contributed by atoms with Crippen LogP contribution in [0.15, 0.2) is 48.5 Å². The van der Waals surface area contributed by atoms with Crippen molar-refractivity contribution in [2.45, 2.75) is 6.92 Å². The standard InChI is InChI=1S/C19H16N2O5/c1-2-25-19(24)21-17(22)12-26-18(23)16-10-6-5-9-15(16)14-8-4-3-7-13(14)11-20/h3-10H,2,12H2,1H3,(H,21,22,24). The normalized spacial score (nSPS) is 9.69. The third kappa shape index (κ3) is 4.68. The molecule has 0 saturated heterocycles. The second-order valence-electron chi connectivity index (χ2n) is 5.05. The predicted octanol–water partition coefficient (Wildman–Crippen LogP) is 2.65. The summed E-state index contributed by atoms with van der Waals surface area (Å²) in [7, 11) is 0. The highest BCUT2D eigenvalue weighted by atomic mass is 16.6. The second-order valence-corrected chi connectivity index (χ2v) is 5.05. The van der Waals surface area contributed by atoms with Crippen molar-refractivity contribution in [3.8, 4) is 17.2 Å². The van der Waals surface area contributed by atoms with Gasteiger partial charge in [-0.15, -0.1) is 0 Å². The summed E-state index contributed by atoms with van der Waals surface area (Å²) in [6.45, 7) is 1.08. The number of ether oxygens (including phenoxy) is 2. The minimum atomic E-state index is -0.906. The zero-order valence-electron chi connectivity index (χ0n) is 14.0. The fourth-order valence-electron chi connectivity index (χ4n) is 2.24. The van der Waals surface area contributed by atoms with Gasteiger partial charge in [0.15, 0.2) is 6.61 Å². The molecule has 2 amide bonds. The van der Waals surface area contributed by atoms with Crippen molar-refractivity contribution >= 4 is 18.0 Å². The average molecular weight is 352 g/mol. The molecule has 0 heterocycles. The number of imide groups is 1. The van der Waals surface area contributed by atoms with Crippen molar-refractivity contribution in [3.63, 3.8) is 0 Å². The van der Waals surface area contributed by atoms with Gasteiger partial charge in [0.05, 0.1) is 23.8 Å². The Balaban J connectivity index is 2.15. The summed E-state index contributed by atoms with van der Waals surface area (Å²) in [6, 6.07) is 15.5. The van der Waals surface area contributed by atoms with Gasteiger partial charge in [-0.1, -0.05) is 36.4 Å². The Kier molecular flexibility index (Phi) is 6.46. The van der Waals surface area contributed by atoms with Gasteiger partial charge >= 0.3 is 12.1 Å². The number of nitrogens with zero attached hydrogens (tertiary/aromatic N) is 1. The van der Waals surface area contributed by atoms with Crippen LogP contribution in [0.5, 0.6) is 0 Å². The molecule has 0 aromatic heterocycles. The summed E-state index contributed by atoms with van der Waals surface area (Å²) in [5.41, 5.74) is 1.71. The average Bonchev–Trinajstić information content (AvgIpc) is 2.66. The minimum absolute atomic E-state index is 0.116. The van der Waals surface area contributed by atoms with Gasteiger partial charge in [-0.2, -0.15) is 5.26 Å². The van der Waals surface area contributed by atoms with Crippen LogP contribution in [0, 0.1) is 11.3 Å². The number of nitrogens with one attached hydrogen (secondary N) is 1. The lowest BCUT2D eigenvalue weighted by Gasteiger charge is -2.11. The van der Waals surface area contributed by atoms with Crippen molar-refractivity contribution in [3.05, 3.63) is 59.7 Å². The summed E-state index contributed by atoms with van der Waals surface area (Å²) in [5.74, 6) is -1.54. The number of alkyl carbamates (subject to hydrolysis) is 1. The third-order valence-electron chi connectivity index (χ3n) is 3.34. The van der Waals surface area contributed by atoms with E-state index >= 15 is 0 Å². The Bertz CT molecular complexity index is 870. The van der Waals surface area contributed by atoms with Crippen molar-refractivity contribution in [1.82, 2.24) is 5.32 Å². The van der Waals surface area contributed by atoms with Gasteiger partial charge in [0, 0.05) is 5.56 Å². The van der Waals surface area contributed by atoms with E-state index in [0.29, 0.717) is 16.7 Å². The van der Waals surface area contributed by atoms with Crippen molar-refractivity contribution in [2.75, 3.05) is 13.2 Å². The molecule has 0 fully saturated rings. The predicted molar refractivity (Wildman–Crippen MR) is 92.0 cm³/mol. The van der Waals surface area contributed by atoms with Crippen LogP contribution in [0.2, 0.25) is 0 Å². The van der Waals surface area contributed by atoms with Crippen molar-refractivity contribution in [2.24, 2.45) is 0 Å². The lowest BCUT2D eigenvalue weighted by Crippen LogP contribution is -2.34. The molecule has 0 spiro atoms. The third-order valence-corrected chi connectivity index (χ3v) is 3.34. The van der Waals surface area contributed by atoms with Crippen LogP contribution in [-0.2, 0) is 14.3 Å². The van der Waals surface area contributed by atoms with E-state index in [1.54, 1.807) is 49.4 Å². The Labute approximate surface area is 150 Å². The first-order valence-electron chi connectivity index (χ1n) is 7.79. The van der Waals surface area contributed by atoms with Crippen LogP contribution in [0.4, 0.5) is 4.79 Å². The summed E-state index contributed by atoms with van der Waals surface area (Å²) < 4.78 is 9.53. The number of benzene rings is 2. The van der Waals surface area contributed by atoms with Crippen LogP contribution >= 0.6 is 0 Å². The maximum atomic E-state index is 12.4. The van der Waals surface area contributed by atoms with Crippen LogP contribution < -0.4 is 5.32 Å². The topological polar surface area (TPSA) is 105 Å². The second kappa shape index (κ2) is 8.99. The quantitative estimate of drug-likeness (QED) is 0.829. The molecular weight excluding hydrogens is 336 g/mol. The van der Waals surface area contributed by atoms with Crippen molar-refractivity contribution in [1.29, 1.82) is 5.26 Å². The number of amides is 2. The van der Waals surface area contributed by atoms with E-state index in [0.717, 1.165) is 0 Å². The maximum Gasteiger partial charge on any atom is 0.413 e. The van der Waals surface area contributed by atoms with Crippen LogP contribution in [-0.4, -0.2) is 31.2 Å². The molecular formula is C19H16N2O5. The molecule has 0 aliphatic heterocycles. The first kappa shape index (κ1) is 18.7. The molecule has 0 aliphatic rings. The molecule has 132 valence electrons. The Morgan fingerprint density at radius 2 is 1.65 bits per heavy atom. The number of carbonyl (C=O) groups is 3. The van der Waals surface area contributed by atoms with Gasteiger partial charge < -0.3 is 9.47 Å². The van der Waals surface area contributed by atoms with E-state index in [-0.39, 0.29) is 12.2 Å². The molecule has 7 nitrogen and oxygen atoms in total. The lowest BCUT2D eigenvalue weighted by molar-refractivity contribution is -0.123. The van der Waals surface area contributed by atoms with Gasteiger partial charge in [0.2, 0.25) is 0 Å². The first-order chi connectivity index (χ1) is 12.6. The maximum absolute atomic E-state index is 12.4. The zero-order chi connectivity index (χ0) is 18.9. The highest BCUT2D eigenvalue weighted by Gasteiger charge is 2.17. The van der Waals surface area contributed by atoms with Gasteiger partial charge in [-0.3, -0.25) is 10.1 Å². The SMILES string of the molecule is CCOC(=O)NC(=O)COC(=O)c1ccccc1-c1ccccc1C#N. The van der Waals surface area contributed by atoms with Crippen LogP contribution in [0.3, 0.4) is 0 Å². The van der Waals surface area contributed by atoms with Crippen LogP contribution in [0.25, 0.3) is 11.1 Å². The Morgan fingerprint density at radius 1 is 1.00 bits per heavy atom. The van der Waals surface area contributed by atoms with Crippen molar-refractivity contribution < 1.29 is 23.9 Å². The summed E-state index contributed by atoms with van der Waals surface area (Å²) in [5, 5.41) is 11.2. The molecule has 7 heteroatoms. The number of hydrogen-bond donors (Lipinski definition) is 1. The minimum Gasteiger partial charge on any atom is -0.452 e. The first-order valence-corrected chi connectivity index (χ1v) is 7.79. The fourth-order valence-corrected chi connectivity index (χ4v) is 2.24. The number of carbonyl (C=O) groups excluding carboxylic acids is 3. The molecule has 2 aromatic rings. The van der Waals surface area contributed by atoms with Gasteiger partial charge in [-0.05, 0) is 24.6 Å². The van der Waals surface area contributed by atoms with E-state index in [4.69, 9.17) is 4.74 Å². The Morgan fingerprint density at radius 3 is 2.35 bits per heavy atom. The molecule has 0 unspecified atom stereocenters. The molecule has 0 aliphatic carbocycles. The van der Waals surface area contributed by atoms with E-state index in [1.165, 1.54) is 6.07 Å². The Hall–Kier alpha value is -3.66. The molecule has 1 N–H and O–H groups in total. The van der Waals surface area contributed by atoms with E-state index in [2.05, 4.69) is 10.8 Å². The van der Waals surface area contributed by atoms with Crippen LogP contribution in [0.1, 0.15) is 22.8 Å². The molecule has 2 aromatic carbocycles. The molecule has 0 bridgehead atoms. The monoisotopic (exact) mass is 352 g/mol. The van der Waals surface area contributed by atoms with E-state index < -0.39 is 24.6 Å². The number of hydrogen-bond acceptors (Lipinski definition) is 6. The zero-order valence-corrected chi connectivity index (χ0v) is 14.0. The fraction of sp³-hybridized carbons (Fsp3) is 0.158. The molecule has 0 saturated carbocycles.